The van der Waals surface area contributed by atoms with E-state index in [0.717, 1.165) is 22.9 Å². The van der Waals surface area contributed by atoms with Crippen LogP contribution in [0.2, 0.25) is 0 Å². The van der Waals surface area contributed by atoms with Crippen LogP contribution in [0, 0.1) is 23.7 Å². The standard InChI is InChI=1S/C27H24O/c1-2-3-4-5-6-7-9-20-11-13-22-16-18-25-21(10-8-19-28)12-14-23-15-17-24(20)26(22)27(23)25/h11-18,28H,2-6,19H2,1H3. The molecule has 138 valence electrons. The second kappa shape index (κ2) is 8.35. The van der Waals surface area contributed by atoms with Crippen LogP contribution in [0.25, 0.3) is 32.3 Å². The average Bonchev–Trinajstić information content (AvgIpc) is 2.74. The molecule has 0 saturated heterocycles. The highest BCUT2D eigenvalue weighted by Gasteiger charge is 2.11. The molecule has 0 heterocycles. The van der Waals surface area contributed by atoms with Gasteiger partial charge in [0.15, 0.2) is 0 Å². The van der Waals surface area contributed by atoms with E-state index in [1.54, 1.807) is 0 Å². The third kappa shape index (κ3) is 3.43. The lowest BCUT2D eigenvalue weighted by Gasteiger charge is -2.13. The summed E-state index contributed by atoms with van der Waals surface area (Å²) >= 11 is 0. The van der Waals surface area contributed by atoms with E-state index in [1.807, 2.05) is 6.07 Å². The Balaban J connectivity index is 1.84. The summed E-state index contributed by atoms with van der Waals surface area (Å²) in [5.41, 5.74) is 2.06. The van der Waals surface area contributed by atoms with Gasteiger partial charge in [-0.2, -0.15) is 0 Å². The summed E-state index contributed by atoms with van der Waals surface area (Å²) in [5.74, 6) is 12.7. The summed E-state index contributed by atoms with van der Waals surface area (Å²) in [4.78, 5) is 0. The molecule has 0 amide bonds. The van der Waals surface area contributed by atoms with E-state index in [4.69, 9.17) is 5.11 Å². The summed E-state index contributed by atoms with van der Waals surface area (Å²) < 4.78 is 0. The van der Waals surface area contributed by atoms with Gasteiger partial charge in [-0.05, 0) is 50.9 Å². The zero-order chi connectivity index (χ0) is 19.3. The van der Waals surface area contributed by atoms with Gasteiger partial charge >= 0.3 is 0 Å². The van der Waals surface area contributed by atoms with Crippen molar-refractivity contribution in [3.8, 4) is 23.7 Å². The van der Waals surface area contributed by atoms with Crippen LogP contribution in [0.15, 0.2) is 48.5 Å². The van der Waals surface area contributed by atoms with Crippen LogP contribution >= 0.6 is 0 Å². The SMILES string of the molecule is CCCCCCC#Cc1ccc2ccc3c(C#CCO)ccc4ccc1c2c43. The minimum absolute atomic E-state index is 0.125. The van der Waals surface area contributed by atoms with Crippen LogP contribution in [0.1, 0.15) is 50.2 Å². The second-order valence-electron chi connectivity index (χ2n) is 7.22. The molecule has 1 heteroatoms. The van der Waals surface area contributed by atoms with Crippen LogP contribution in [0.3, 0.4) is 0 Å². The molecule has 0 radical (unpaired) electrons. The van der Waals surface area contributed by atoms with Crippen molar-refractivity contribution in [2.45, 2.75) is 39.0 Å². The molecule has 1 nitrogen and oxygen atoms in total. The smallest absolute Gasteiger partial charge is 0.104 e. The van der Waals surface area contributed by atoms with E-state index in [1.165, 1.54) is 52.6 Å². The van der Waals surface area contributed by atoms with Gasteiger partial charge in [-0.3, -0.25) is 0 Å². The number of aliphatic hydroxyl groups excluding tert-OH is 1. The van der Waals surface area contributed by atoms with Crippen LogP contribution < -0.4 is 0 Å². The monoisotopic (exact) mass is 364 g/mol. The number of rotatable bonds is 4. The Labute approximate surface area is 166 Å². The van der Waals surface area contributed by atoms with E-state index in [-0.39, 0.29) is 6.61 Å². The summed E-state index contributed by atoms with van der Waals surface area (Å²) in [7, 11) is 0. The van der Waals surface area contributed by atoms with Crippen molar-refractivity contribution in [3.63, 3.8) is 0 Å². The molecule has 0 fully saturated rings. The van der Waals surface area contributed by atoms with Crippen molar-refractivity contribution in [2.75, 3.05) is 6.61 Å². The number of hydrogen-bond acceptors (Lipinski definition) is 1. The van der Waals surface area contributed by atoms with Crippen molar-refractivity contribution in [1.29, 1.82) is 0 Å². The highest BCUT2D eigenvalue weighted by Crippen LogP contribution is 2.37. The van der Waals surface area contributed by atoms with Crippen LogP contribution in [-0.4, -0.2) is 11.7 Å². The van der Waals surface area contributed by atoms with Gasteiger partial charge in [0, 0.05) is 17.5 Å². The molecular weight excluding hydrogens is 340 g/mol. The quantitative estimate of drug-likeness (QED) is 0.258. The molecule has 0 bridgehead atoms. The third-order valence-corrected chi connectivity index (χ3v) is 5.35. The van der Waals surface area contributed by atoms with Crippen LogP contribution in [0.5, 0.6) is 0 Å². The van der Waals surface area contributed by atoms with Gasteiger partial charge in [-0.1, -0.05) is 86.3 Å². The molecule has 28 heavy (non-hydrogen) atoms. The van der Waals surface area contributed by atoms with E-state index in [9.17, 15) is 0 Å². The average molecular weight is 364 g/mol. The summed E-state index contributed by atoms with van der Waals surface area (Å²) in [6.45, 7) is 2.11. The molecule has 4 rings (SSSR count). The molecule has 4 aromatic carbocycles. The molecule has 0 atom stereocenters. The maximum Gasteiger partial charge on any atom is 0.104 e. The first kappa shape index (κ1) is 18.4. The fourth-order valence-electron chi connectivity index (χ4n) is 3.95. The first-order chi connectivity index (χ1) is 13.8. The Morgan fingerprint density at radius 1 is 0.679 bits per heavy atom. The Hall–Kier alpha value is -3.00. The molecule has 0 aromatic heterocycles. The lowest BCUT2D eigenvalue weighted by atomic mass is 9.90. The normalized spacial score (nSPS) is 10.8. The van der Waals surface area contributed by atoms with Crippen molar-refractivity contribution >= 4 is 32.3 Å². The lowest BCUT2D eigenvalue weighted by Crippen LogP contribution is -1.89. The lowest BCUT2D eigenvalue weighted by molar-refractivity contribution is 0.350. The topological polar surface area (TPSA) is 20.2 Å². The molecule has 0 aliphatic carbocycles. The van der Waals surface area contributed by atoms with Gasteiger partial charge < -0.3 is 5.11 Å². The van der Waals surface area contributed by atoms with Gasteiger partial charge in [-0.25, -0.2) is 0 Å². The fourth-order valence-corrected chi connectivity index (χ4v) is 3.95. The highest BCUT2D eigenvalue weighted by atomic mass is 16.2. The zero-order valence-corrected chi connectivity index (χ0v) is 16.3. The van der Waals surface area contributed by atoms with Crippen molar-refractivity contribution in [3.05, 3.63) is 59.7 Å². The minimum atomic E-state index is -0.125. The number of hydrogen-bond donors (Lipinski definition) is 1. The molecular formula is C27H24O. The van der Waals surface area contributed by atoms with Gasteiger partial charge in [0.25, 0.3) is 0 Å². The Bertz CT molecular complexity index is 1240. The summed E-state index contributed by atoms with van der Waals surface area (Å²) in [6.07, 6.45) is 5.96. The fraction of sp³-hybridized carbons (Fsp3) is 0.259. The van der Waals surface area contributed by atoms with Gasteiger partial charge in [-0.15, -0.1) is 0 Å². The maximum absolute atomic E-state index is 9.07. The van der Waals surface area contributed by atoms with Crippen molar-refractivity contribution in [1.82, 2.24) is 0 Å². The first-order valence-electron chi connectivity index (χ1n) is 10.1. The molecule has 0 saturated carbocycles. The molecule has 0 spiro atoms. The Morgan fingerprint density at radius 3 is 1.82 bits per heavy atom. The number of benzene rings is 4. The number of aliphatic hydroxyl groups is 1. The van der Waals surface area contributed by atoms with Gasteiger partial charge in [0.2, 0.25) is 0 Å². The van der Waals surface area contributed by atoms with E-state index >= 15 is 0 Å². The Morgan fingerprint density at radius 2 is 1.25 bits per heavy atom. The molecule has 1 N–H and O–H groups in total. The molecule has 0 unspecified atom stereocenters. The largest absolute Gasteiger partial charge is 0.384 e. The van der Waals surface area contributed by atoms with Crippen LogP contribution in [0.4, 0.5) is 0 Å². The summed E-state index contributed by atoms with van der Waals surface area (Å²) in [6, 6.07) is 17.2. The van der Waals surface area contributed by atoms with Gasteiger partial charge in [0.1, 0.15) is 6.61 Å². The summed E-state index contributed by atoms with van der Waals surface area (Å²) in [5, 5.41) is 16.4. The molecule has 0 aliphatic heterocycles. The van der Waals surface area contributed by atoms with Crippen molar-refractivity contribution < 1.29 is 5.11 Å². The molecule has 0 aliphatic rings. The van der Waals surface area contributed by atoms with E-state index in [0.29, 0.717) is 0 Å². The van der Waals surface area contributed by atoms with Crippen LogP contribution in [-0.2, 0) is 0 Å². The molecule has 4 aromatic rings. The van der Waals surface area contributed by atoms with Crippen molar-refractivity contribution in [2.24, 2.45) is 0 Å². The highest BCUT2D eigenvalue weighted by molar-refractivity contribution is 6.24. The second-order valence-corrected chi connectivity index (χ2v) is 7.22. The maximum atomic E-state index is 9.07. The first-order valence-corrected chi connectivity index (χ1v) is 10.1. The minimum Gasteiger partial charge on any atom is -0.384 e. The van der Waals surface area contributed by atoms with E-state index in [2.05, 4.69) is 73.1 Å². The zero-order valence-electron chi connectivity index (χ0n) is 16.3. The predicted octanol–water partition coefficient (Wildman–Crippen LogP) is 6.25. The van der Waals surface area contributed by atoms with E-state index < -0.39 is 0 Å². The Kier molecular flexibility index (Phi) is 5.48. The number of unbranched alkanes of at least 4 members (excludes halogenated alkanes) is 4. The van der Waals surface area contributed by atoms with Gasteiger partial charge in [0.05, 0.1) is 0 Å². The third-order valence-electron chi connectivity index (χ3n) is 5.35. The predicted molar refractivity (Wildman–Crippen MR) is 120 cm³/mol.